The summed E-state index contributed by atoms with van der Waals surface area (Å²) in [6.07, 6.45) is -0.989. The fraction of sp³-hybridized carbons (Fsp3) is 0.455. The van der Waals surface area contributed by atoms with Crippen LogP contribution in [0.25, 0.3) is 0 Å². The molecule has 1 aromatic carbocycles. The van der Waals surface area contributed by atoms with Crippen LogP contribution in [0.4, 0.5) is 0 Å². The molecule has 0 saturated heterocycles. The van der Waals surface area contributed by atoms with Crippen molar-refractivity contribution in [1.82, 2.24) is 4.31 Å². The molecule has 0 aromatic heterocycles. The van der Waals surface area contributed by atoms with Crippen LogP contribution in [0, 0.1) is 6.92 Å². The van der Waals surface area contributed by atoms with E-state index in [0.29, 0.717) is 4.90 Å². The molecular weight excluding hydrogens is 242 g/mol. The molecule has 0 spiro atoms. The van der Waals surface area contributed by atoms with Gasteiger partial charge in [-0.25, -0.2) is 4.31 Å². The fourth-order valence-corrected chi connectivity index (χ4v) is 2.60. The number of likely N-dealkylation sites (N-methyl/N-ethyl adjacent to an activating group) is 1. The van der Waals surface area contributed by atoms with E-state index < -0.39 is 23.5 Å². The number of nitrogens with zero attached hydrogens (tertiary/aromatic N) is 1. The van der Waals surface area contributed by atoms with E-state index in [9.17, 15) is 14.2 Å². The van der Waals surface area contributed by atoms with Gasteiger partial charge in [-0.15, -0.1) is 10.8 Å². The zero-order valence-electron chi connectivity index (χ0n) is 9.95. The van der Waals surface area contributed by atoms with Crippen LogP contribution in [-0.4, -0.2) is 49.9 Å². The van der Waals surface area contributed by atoms with Gasteiger partial charge < -0.3 is 10.2 Å². The van der Waals surface area contributed by atoms with Crippen molar-refractivity contribution in [3.63, 3.8) is 0 Å². The van der Waals surface area contributed by atoms with Crippen molar-refractivity contribution in [1.29, 1.82) is 0 Å². The smallest absolute Gasteiger partial charge is 0.0914 e. The van der Waals surface area contributed by atoms with Crippen molar-refractivity contribution in [2.24, 2.45) is 0 Å². The Hall–Kier alpha value is -0.630. The standard InChI is InChI=1S/C11H19NO4S/c1-9-3-5-11(6-4-9)17(15,16)12(2)7-10(14)8-13/h3-6,10,13-16H,7-8H2,1-2H3. The summed E-state index contributed by atoms with van der Waals surface area (Å²) in [5, 5.41) is 18.0. The van der Waals surface area contributed by atoms with Crippen molar-refractivity contribution in [3.05, 3.63) is 29.8 Å². The van der Waals surface area contributed by atoms with Crippen LogP contribution < -0.4 is 0 Å². The average molecular weight is 261 g/mol. The largest absolute Gasteiger partial charge is 0.394 e. The molecule has 6 heteroatoms. The first kappa shape index (κ1) is 14.4. The Bertz CT molecular complexity index is 355. The molecule has 4 N–H and O–H groups in total. The first-order chi connectivity index (χ1) is 7.87. The van der Waals surface area contributed by atoms with Crippen molar-refractivity contribution in [2.75, 3.05) is 20.2 Å². The summed E-state index contributed by atoms with van der Waals surface area (Å²) in [4.78, 5) is 0.399. The third kappa shape index (κ3) is 3.67. The average Bonchev–Trinajstić information content (AvgIpc) is 2.29. The van der Waals surface area contributed by atoms with Crippen LogP contribution in [0.15, 0.2) is 29.2 Å². The second kappa shape index (κ2) is 5.81. The van der Waals surface area contributed by atoms with Gasteiger partial charge in [-0.1, -0.05) is 17.7 Å². The molecule has 0 aliphatic carbocycles. The lowest BCUT2D eigenvalue weighted by atomic mass is 10.2. The maximum absolute atomic E-state index is 10.1. The molecule has 0 bridgehead atoms. The van der Waals surface area contributed by atoms with E-state index >= 15 is 0 Å². The number of hydrogen-bond acceptors (Lipinski definition) is 5. The molecule has 0 heterocycles. The molecule has 17 heavy (non-hydrogen) atoms. The van der Waals surface area contributed by atoms with E-state index in [0.717, 1.165) is 5.56 Å². The topological polar surface area (TPSA) is 84.2 Å². The van der Waals surface area contributed by atoms with Gasteiger partial charge in [0.2, 0.25) is 0 Å². The van der Waals surface area contributed by atoms with Gasteiger partial charge in [0.1, 0.15) is 0 Å². The van der Waals surface area contributed by atoms with Crippen molar-refractivity contribution in [3.8, 4) is 0 Å². The van der Waals surface area contributed by atoms with Gasteiger partial charge in [0, 0.05) is 13.6 Å². The van der Waals surface area contributed by atoms with Crippen molar-refractivity contribution in [2.45, 2.75) is 17.9 Å². The summed E-state index contributed by atoms with van der Waals surface area (Å²) >= 11 is 0. The lowest BCUT2D eigenvalue weighted by Gasteiger charge is -2.41. The highest BCUT2D eigenvalue weighted by Gasteiger charge is 2.23. The summed E-state index contributed by atoms with van der Waals surface area (Å²) < 4.78 is 21.4. The highest BCUT2D eigenvalue weighted by molar-refractivity contribution is 8.22. The van der Waals surface area contributed by atoms with Crippen LogP contribution >= 0.6 is 10.8 Å². The minimum atomic E-state index is -3.10. The molecule has 0 aliphatic rings. The lowest BCUT2D eigenvalue weighted by Crippen LogP contribution is -2.33. The second-order valence-electron chi connectivity index (χ2n) is 3.98. The third-order valence-corrected chi connectivity index (χ3v) is 4.37. The van der Waals surface area contributed by atoms with Gasteiger partial charge in [0.15, 0.2) is 0 Å². The summed E-state index contributed by atoms with van der Waals surface area (Å²) in [6, 6.07) is 6.87. The molecule has 0 aliphatic heterocycles. The Morgan fingerprint density at radius 1 is 1.24 bits per heavy atom. The molecular formula is C11H19NO4S. The number of aryl methyl sites for hydroxylation is 1. The number of aliphatic hydroxyl groups is 2. The molecule has 0 fully saturated rings. The summed E-state index contributed by atoms with van der Waals surface area (Å²) in [7, 11) is -1.60. The number of aliphatic hydroxyl groups excluding tert-OH is 2. The number of hydrogen-bond donors (Lipinski definition) is 4. The molecule has 1 aromatic rings. The van der Waals surface area contributed by atoms with Gasteiger partial charge in [0.05, 0.1) is 17.6 Å². The van der Waals surface area contributed by atoms with E-state index in [4.69, 9.17) is 5.11 Å². The zero-order chi connectivity index (χ0) is 13.1. The summed E-state index contributed by atoms with van der Waals surface area (Å²) in [6.45, 7) is 1.50. The molecule has 1 unspecified atom stereocenters. The van der Waals surface area contributed by atoms with E-state index in [2.05, 4.69) is 0 Å². The summed E-state index contributed by atoms with van der Waals surface area (Å²) in [5.41, 5.74) is 1.03. The van der Waals surface area contributed by atoms with Gasteiger partial charge in [-0.2, -0.15) is 0 Å². The minimum Gasteiger partial charge on any atom is -0.394 e. The molecule has 98 valence electrons. The quantitative estimate of drug-likeness (QED) is 0.642. The molecule has 1 rings (SSSR count). The number of rotatable bonds is 5. The van der Waals surface area contributed by atoms with Crippen molar-refractivity contribution < 1.29 is 19.3 Å². The normalized spacial score (nSPS) is 15.0. The Morgan fingerprint density at radius 2 is 1.76 bits per heavy atom. The Labute approximate surface area is 103 Å². The highest BCUT2D eigenvalue weighted by Crippen LogP contribution is 2.50. The first-order valence-electron chi connectivity index (χ1n) is 5.23. The van der Waals surface area contributed by atoms with Crippen LogP contribution in [0.1, 0.15) is 5.56 Å². The van der Waals surface area contributed by atoms with E-state index in [-0.39, 0.29) is 6.54 Å². The lowest BCUT2D eigenvalue weighted by molar-refractivity contribution is 0.0807. The maximum Gasteiger partial charge on any atom is 0.0914 e. The molecule has 0 amide bonds. The van der Waals surface area contributed by atoms with E-state index in [1.54, 1.807) is 24.3 Å². The van der Waals surface area contributed by atoms with Gasteiger partial charge in [-0.3, -0.25) is 9.11 Å². The fourth-order valence-electron chi connectivity index (χ4n) is 1.36. The molecule has 0 radical (unpaired) electrons. The predicted octanol–water partition coefficient (Wildman–Crippen LogP) is 1.30. The van der Waals surface area contributed by atoms with Gasteiger partial charge in [0.25, 0.3) is 0 Å². The minimum absolute atomic E-state index is 0.00723. The monoisotopic (exact) mass is 261 g/mol. The molecule has 1 atom stereocenters. The third-order valence-electron chi connectivity index (χ3n) is 2.45. The molecule has 0 saturated carbocycles. The molecule has 5 nitrogen and oxygen atoms in total. The zero-order valence-corrected chi connectivity index (χ0v) is 10.8. The predicted molar refractivity (Wildman–Crippen MR) is 68.0 cm³/mol. The van der Waals surface area contributed by atoms with Crippen LogP contribution in [0.3, 0.4) is 0 Å². The number of benzene rings is 1. The van der Waals surface area contributed by atoms with Crippen LogP contribution in [0.5, 0.6) is 0 Å². The van der Waals surface area contributed by atoms with Crippen molar-refractivity contribution >= 4 is 10.8 Å². The van der Waals surface area contributed by atoms with E-state index in [1.807, 2.05) is 6.92 Å². The Kier molecular flexibility index (Phi) is 4.93. The highest BCUT2D eigenvalue weighted by atomic mass is 32.3. The van der Waals surface area contributed by atoms with E-state index in [1.165, 1.54) is 11.4 Å². The second-order valence-corrected chi connectivity index (χ2v) is 6.11. The Balaban J connectivity index is 2.82. The van der Waals surface area contributed by atoms with Gasteiger partial charge in [-0.05, 0) is 19.1 Å². The van der Waals surface area contributed by atoms with Gasteiger partial charge >= 0.3 is 0 Å². The van der Waals surface area contributed by atoms with Crippen LogP contribution in [0.2, 0.25) is 0 Å². The van der Waals surface area contributed by atoms with Crippen LogP contribution in [-0.2, 0) is 0 Å². The SMILES string of the molecule is Cc1ccc(S(O)(O)N(C)CC(O)CO)cc1. The summed E-state index contributed by atoms with van der Waals surface area (Å²) in [5.74, 6) is 0. The Morgan fingerprint density at radius 3 is 2.24 bits per heavy atom. The first-order valence-corrected chi connectivity index (χ1v) is 6.73. The maximum atomic E-state index is 10.1.